The molecule has 154 valence electrons. The minimum Gasteiger partial charge on any atom is -0.370 e. The molecule has 1 fully saturated rings. The van der Waals surface area contributed by atoms with Gasteiger partial charge in [-0.1, -0.05) is 48.5 Å². The Morgan fingerprint density at radius 2 is 1.83 bits per heavy atom. The Morgan fingerprint density at radius 3 is 2.55 bits per heavy atom. The van der Waals surface area contributed by atoms with Crippen molar-refractivity contribution < 1.29 is 9.59 Å². The Bertz CT molecular complexity index is 822. The van der Waals surface area contributed by atoms with Crippen LogP contribution in [0.2, 0.25) is 0 Å². The summed E-state index contributed by atoms with van der Waals surface area (Å²) in [5.74, 6) is -0.00584. The van der Waals surface area contributed by atoms with E-state index in [0.29, 0.717) is 19.5 Å². The third-order valence-corrected chi connectivity index (χ3v) is 5.59. The molecule has 0 bridgehead atoms. The van der Waals surface area contributed by atoms with E-state index >= 15 is 0 Å². The zero-order valence-electron chi connectivity index (χ0n) is 17.4. The molecule has 0 saturated carbocycles. The highest BCUT2D eigenvalue weighted by atomic mass is 16.2. The number of likely N-dealkylation sites (N-methyl/N-ethyl adjacent to an activating group) is 1. The third kappa shape index (κ3) is 5.37. The first-order chi connectivity index (χ1) is 14.1. The maximum atomic E-state index is 12.8. The second kappa shape index (κ2) is 10.1. The van der Waals surface area contributed by atoms with Gasteiger partial charge in [-0.2, -0.15) is 0 Å². The van der Waals surface area contributed by atoms with Crippen molar-refractivity contribution in [1.82, 2.24) is 10.2 Å². The summed E-state index contributed by atoms with van der Waals surface area (Å²) in [6.45, 7) is 7.08. The number of para-hydroxylation sites is 1. The maximum Gasteiger partial charge on any atom is 0.242 e. The zero-order chi connectivity index (χ0) is 20.6. The first kappa shape index (κ1) is 20.9. The molecule has 2 aromatic carbocycles. The van der Waals surface area contributed by atoms with Crippen molar-refractivity contribution in [3.05, 3.63) is 65.7 Å². The van der Waals surface area contributed by atoms with Crippen LogP contribution in [0.5, 0.6) is 0 Å². The molecule has 1 aliphatic rings. The fourth-order valence-corrected chi connectivity index (χ4v) is 4.01. The minimum absolute atomic E-state index is 0.0314. The molecule has 1 heterocycles. The number of benzene rings is 2. The summed E-state index contributed by atoms with van der Waals surface area (Å²) in [5, 5.41) is 3.05. The molecule has 29 heavy (non-hydrogen) atoms. The van der Waals surface area contributed by atoms with Gasteiger partial charge in [-0.25, -0.2) is 0 Å². The molecule has 3 rings (SSSR count). The average Bonchev–Trinajstić information content (AvgIpc) is 3.23. The number of aryl methyl sites for hydroxylation is 1. The quantitative estimate of drug-likeness (QED) is 0.750. The number of carbonyl (C=O) groups excluding carboxylic acids is 2. The lowest BCUT2D eigenvalue weighted by atomic mass is 10.1. The standard InChI is InChI=1S/C24H31N3O2/c1-3-26(21-13-8-7-10-19(21)2)17-15-25-24(29)22-14-9-16-27(22)23(28)18-20-11-5-4-6-12-20/h4-8,10-13,22H,3,9,14-18H2,1-2H3,(H,25,29). The van der Waals surface area contributed by atoms with Gasteiger partial charge in [-0.05, 0) is 43.9 Å². The molecule has 2 aromatic rings. The molecule has 5 nitrogen and oxygen atoms in total. The topological polar surface area (TPSA) is 52.7 Å². The van der Waals surface area contributed by atoms with Crippen molar-refractivity contribution in [3.8, 4) is 0 Å². The number of carbonyl (C=O) groups is 2. The highest BCUT2D eigenvalue weighted by molar-refractivity contribution is 5.89. The van der Waals surface area contributed by atoms with Crippen LogP contribution < -0.4 is 10.2 Å². The molecule has 1 atom stereocenters. The third-order valence-electron chi connectivity index (χ3n) is 5.59. The lowest BCUT2D eigenvalue weighted by molar-refractivity contribution is -0.137. The van der Waals surface area contributed by atoms with Crippen LogP contribution in [-0.2, 0) is 16.0 Å². The molecule has 0 radical (unpaired) electrons. The van der Waals surface area contributed by atoms with Gasteiger partial charge >= 0.3 is 0 Å². The lowest BCUT2D eigenvalue weighted by Gasteiger charge is -2.27. The number of amides is 2. The van der Waals surface area contributed by atoms with Gasteiger partial charge in [0.1, 0.15) is 6.04 Å². The highest BCUT2D eigenvalue weighted by Crippen LogP contribution is 2.20. The van der Waals surface area contributed by atoms with E-state index in [9.17, 15) is 9.59 Å². The first-order valence-corrected chi connectivity index (χ1v) is 10.5. The summed E-state index contributed by atoms with van der Waals surface area (Å²) in [6, 6.07) is 17.7. The van der Waals surface area contributed by atoms with E-state index in [1.807, 2.05) is 42.5 Å². The summed E-state index contributed by atoms with van der Waals surface area (Å²) in [6.07, 6.45) is 1.96. The average molecular weight is 394 g/mol. The van der Waals surface area contributed by atoms with Crippen LogP contribution in [0, 0.1) is 6.92 Å². The normalized spacial score (nSPS) is 15.9. The van der Waals surface area contributed by atoms with Crippen molar-refractivity contribution in [2.24, 2.45) is 0 Å². The summed E-state index contributed by atoms with van der Waals surface area (Å²) < 4.78 is 0. The Morgan fingerprint density at radius 1 is 1.10 bits per heavy atom. The molecule has 1 saturated heterocycles. The van der Waals surface area contributed by atoms with E-state index < -0.39 is 0 Å². The molecular formula is C24H31N3O2. The molecule has 1 aliphatic heterocycles. The number of nitrogens with zero attached hydrogens (tertiary/aromatic N) is 2. The SMILES string of the molecule is CCN(CCNC(=O)C1CCCN1C(=O)Cc1ccccc1)c1ccccc1C. The Labute approximate surface area is 173 Å². The fraction of sp³-hybridized carbons (Fsp3) is 0.417. The van der Waals surface area contributed by atoms with Crippen LogP contribution >= 0.6 is 0 Å². The number of hydrogen-bond acceptors (Lipinski definition) is 3. The van der Waals surface area contributed by atoms with Gasteiger partial charge in [0.05, 0.1) is 6.42 Å². The minimum atomic E-state index is -0.347. The zero-order valence-corrected chi connectivity index (χ0v) is 17.4. The van der Waals surface area contributed by atoms with E-state index in [0.717, 1.165) is 31.5 Å². The predicted octanol–water partition coefficient (Wildman–Crippen LogP) is 3.17. The van der Waals surface area contributed by atoms with E-state index in [1.54, 1.807) is 4.90 Å². The number of likely N-dealkylation sites (tertiary alicyclic amines) is 1. The van der Waals surface area contributed by atoms with Crippen LogP contribution in [0.15, 0.2) is 54.6 Å². The maximum absolute atomic E-state index is 12.8. The van der Waals surface area contributed by atoms with Crippen LogP contribution in [-0.4, -0.2) is 48.9 Å². The predicted molar refractivity (Wildman–Crippen MR) is 117 cm³/mol. The first-order valence-electron chi connectivity index (χ1n) is 10.5. The molecule has 0 aliphatic carbocycles. The molecule has 1 N–H and O–H groups in total. The second-order valence-electron chi connectivity index (χ2n) is 7.56. The van der Waals surface area contributed by atoms with E-state index in [4.69, 9.17) is 0 Å². The molecule has 0 aromatic heterocycles. The van der Waals surface area contributed by atoms with Crippen molar-refractivity contribution in [2.45, 2.75) is 39.2 Å². The van der Waals surface area contributed by atoms with Crippen molar-refractivity contribution in [2.75, 3.05) is 31.1 Å². The van der Waals surface area contributed by atoms with Crippen LogP contribution in [0.4, 0.5) is 5.69 Å². The van der Waals surface area contributed by atoms with Gasteiger partial charge < -0.3 is 15.1 Å². The molecule has 2 amide bonds. The van der Waals surface area contributed by atoms with Gasteiger partial charge in [0.15, 0.2) is 0 Å². The summed E-state index contributed by atoms with van der Waals surface area (Å²) in [4.78, 5) is 29.5. The van der Waals surface area contributed by atoms with Crippen LogP contribution in [0.1, 0.15) is 30.9 Å². The van der Waals surface area contributed by atoms with E-state index in [1.165, 1.54) is 11.3 Å². The molecular weight excluding hydrogens is 362 g/mol. The number of rotatable bonds is 8. The Kier molecular flexibility index (Phi) is 7.28. The van der Waals surface area contributed by atoms with Crippen LogP contribution in [0.3, 0.4) is 0 Å². The van der Waals surface area contributed by atoms with Gasteiger partial charge in [0.25, 0.3) is 0 Å². The van der Waals surface area contributed by atoms with E-state index in [2.05, 4.69) is 36.2 Å². The molecule has 0 spiro atoms. The van der Waals surface area contributed by atoms with Gasteiger partial charge in [-0.15, -0.1) is 0 Å². The van der Waals surface area contributed by atoms with Crippen molar-refractivity contribution in [3.63, 3.8) is 0 Å². The lowest BCUT2D eigenvalue weighted by Crippen LogP contribution is -2.48. The second-order valence-corrected chi connectivity index (χ2v) is 7.56. The fourth-order valence-electron chi connectivity index (χ4n) is 4.01. The Balaban J connectivity index is 1.53. The van der Waals surface area contributed by atoms with E-state index in [-0.39, 0.29) is 17.9 Å². The molecule has 5 heteroatoms. The number of hydrogen-bond donors (Lipinski definition) is 1. The summed E-state index contributed by atoms with van der Waals surface area (Å²) in [7, 11) is 0. The number of nitrogens with one attached hydrogen (secondary N) is 1. The van der Waals surface area contributed by atoms with Gasteiger partial charge in [-0.3, -0.25) is 9.59 Å². The monoisotopic (exact) mass is 393 g/mol. The molecule has 1 unspecified atom stereocenters. The van der Waals surface area contributed by atoms with Gasteiger partial charge in [0.2, 0.25) is 11.8 Å². The van der Waals surface area contributed by atoms with Gasteiger partial charge in [0, 0.05) is 31.9 Å². The summed E-state index contributed by atoms with van der Waals surface area (Å²) >= 11 is 0. The number of anilines is 1. The Hall–Kier alpha value is -2.82. The largest absolute Gasteiger partial charge is 0.370 e. The highest BCUT2D eigenvalue weighted by Gasteiger charge is 2.33. The smallest absolute Gasteiger partial charge is 0.242 e. The van der Waals surface area contributed by atoms with Crippen LogP contribution in [0.25, 0.3) is 0 Å². The van der Waals surface area contributed by atoms with Crippen molar-refractivity contribution >= 4 is 17.5 Å². The summed E-state index contributed by atoms with van der Waals surface area (Å²) in [5.41, 5.74) is 3.42. The van der Waals surface area contributed by atoms with Crippen molar-refractivity contribution in [1.29, 1.82) is 0 Å².